The zero-order valence-electron chi connectivity index (χ0n) is 27.7. The Kier molecular flexibility index (Phi) is 5.96. The smallest absolute Gasteiger partial charge is 0.179 e. The SMILES string of the molecule is C=C1CC2c3ccccc3N3c4nccnc4N(c4ccccc4)C3C2C2N(c3ccccc3)c3nc4ccccc4nc3N2c2ccccc21. The van der Waals surface area contributed by atoms with Crippen LogP contribution < -0.4 is 19.6 Å². The van der Waals surface area contributed by atoms with E-state index in [0.29, 0.717) is 0 Å². The minimum atomic E-state index is -0.236. The summed E-state index contributed by atoms with van der Waals surface area (Å²) >= 11 is 0. The van der Waals surface area contributed by atoms with Gasteiger partial charge in [-0.1, -0.05) is 91.5 Å². The standard InChI is InChI=1S/C43H32N8/c1-27-26-32-31-19-9-13-23-36(31)50-39-38(44-24-25-45-39)48(28-14-4-2-5-15-28)42(50)37(32)43-49(29-16-6-3-7-17-29)40-41(47-34-21-11-10-20-33(34)46-40)51(43)35-22-12-8-18-30(27)35/h2-25,32,37,42-43H,1,26H2. The molecule has 8 nitrogen and oxygen atoms in total. The summed E-state index contributed by atoms with van der Waals surface area (Å²) in [6, 6.07) is 47.0. The molecule has 6 heterocycles. The summed E-state index contributed by atoms with van der Waals surface area (Å²) in [4.78, 5) is 30.7. The van der Waals surface area contributed by atoms with Crippen molar-refractivity contribution >= 4 is 62.6 Å². The summed E-state index contributed by atoms with van der Waals surface area (Å²) in [5.74, 6) is 3.41. The summed E-state index contributed by atoms with van der Waals surface area (Å²) in [5, 5.41) is 0. The molecule has 244 valence electrons. The van der Waals surface area contributed by atoms with Crippen molar-refractivity contribution in [3.8, 4) is 0 Å². The first-order valence-corrected chi connectivity index (χ1v) is 17.5. The zero-order chi connectivity index (χ0) is 33.6. The topological polar surface area (TPSA) is 64.5 Å². The van der Waals surface area contributed by atoms with Crippen LogP contribution in [0.5, 0.6) is 0 Å². The molecule has 4 aliphatic heterocycles. The second kappa shape index (κ2) is 10.7. The Morgan fingerprint density at radius 3 is 1.65 bits per heavy atom. The van der Waals surface area contributed by atoms with Gasteiger partial charge in [0.15, 0.2) is 23.3 Å². The number of rotatable bonds is 2. The third-order valence-corrected chi connectivity index (χ3v) is 11.0. The number of fused-ring (bicyclic) bond motifs is 15. The van der Waals surface area contributed by atoms with E-state index in [1.54, 1.807) is 6.20 Å². The fraction of sp³-hybridized carbons (Fsp3) is 0.116. The monoisotopic (exact) mass is 660 g/mol. The van der Waals surface area contributed by atoms with Gasteiger partial charge in [0.05, 0.1) is 16.7 Å². The van der Waals surface area contributed by atoms with Crippen LogP contribution in [0.25, 0.3) is 16.6 Å². The van der Waals surface area contributed by atoms with E-state index >= 15 is 0 Å². The van der Waals surface area contributed by atoms with Crippen LogP contribution in [0.3, 0.4) is 0 Å². The number of anilines is 8. The van der Waals surface area contributed by atoms with Crippen molar-refractivity contribution in [1.82, 2.24) is 19.9 Å². The Morgan fingerprint density at radius 2 is 0.980 bits per heavy atom. The molecule has 0 N–H and O–H groups in total. The molecule has 0 amide bonds. The molecule has 0 aliphatic carbocycles. The molecular weight excluding hydrogens is 629 g/mol. The van der Waals surface area contributed by atoms with Crippen LogP contribution >= 0.6 is 0 Å². The molecular formula is C43H32N8. The Morgan fingerprint density at radius 1 is 0.490 bits per heavy atom. The highest BCUT2D eigenvalue weighted by Crippen LogP contribution is 2.62. The number of allylic oxidation sites excluding steroid dienone is 1. The molecule has 51 heavy (non-hydrogen) atoms. The van der Waals surface area contributed by atoms with E-state index in [4.69, 9.17) is 26.5 Å². The van der Waals surface area contributed by atoms with Gasteiger partial charge in [0.2, 0.25) is 0 Å². The van der Waals surface area contributed by atoms with E-state index in [2.05, 4.69) is 141 Å². The summed E-state index contributed by atoms with van der Waals surface area (Å²) in [7, 11) is 0. The Labute approximate surface area is 295 Å². The number of nitrogens with zero attached hydrogens (tertiary/aromatic N) is 8. The molecule has 4 atom stereocenters. The van der Waals surface area contributed by atoms with Crippen molar-refractivity contribution < 1.29 is 0 Å². The van der Waals surface area contributed by atoms with Gasteiger partial charge < -0.3 is 19.6 Å². The van der Waals surface area contributed by atoms with Crippen molar-refractivity contribution in [2.45, 2.75) is 24.7 Å². The second-order valence-corrected chi connectivity index (χ2v) is 13.6. The lowest BCUT2D eigenvalue weighted by molar-refractivity contribution is 0.289. The molecule has 2 aromatic heterocycles. The van der Waals surface area contributed by atoms with Gasteiger partial charge in [-0.05, 0) is 66.1 Å². The van der Waals surface area contributed by atoms with E-state index in [0.717, 1.165) is 74.6 Å². The van der Waals surface area contributed by atoms with Crippen LogP contribution in [0.15, 0.2) is 152 Å². The minimum absolute atomic E-state index is 0.0551. The molecule has 5 aromatic carbocycles. The first-order chi connectivity index (χ1) is 25.3. The average Bonchev–Trinajstić information content (AvgIpc) is 3.70. The van der Waals surface area contributed by atoms with Crippen molar-refractivity contribution in [3.63, 3.8) is 0 Å². The maximum Gasteiger partial charge on any atom is 0.179 e. The van der Waals surface area contributed by atoms with Crippen LogP contribution in [0.1, 0.15) is 23.5 Å². The fourth-order valence-corrected chi connectivity index (χ4v) is 9.03. The number of hydrogen-bond donors (Lipinski definition) is 0. The maximum absolute atomic E-state index is 5.44. The molecule has 0 fully saturated rings. The molecule has 11 rings (SSSR count). The van der Waals surface area contributed by atoms with Gasteiger partial charge in [-0.2, -0.15) is 0 Å². The molecule has 4 unspecified atom stereocenters. The van der Waals surface area contributed by atoms with Crippen LogP contribution in [-0.2, 0) is 0 Å². The van der Waals surface area contributed by atoms with Gasteiger partial charge in [-0.25, -0.2) is 19.9 Å². The van der Waals surface area contributed by atoms with Crippen LogP contribution in [-0.4, -0.2) is 32.3 Å². The molecule has 4 aliphatic rings. The molecule has 0 radical (unpaired) electrons. The predicted molar refractivity (Wildman–Crippen MR) is 203 cm³/mol. The molecule has 0 bridgehead atoms. The summed E-state index contributed by atoms with van der Waals surface area (Å²) in [6.45, 7) is 4.79. The highest BCUT2D eigenvalue weighted by atomic mass is 15.5. The fourth-order valence-electron chi connectivity index (χ4n) is 9.03. The third kappa shape index (κ3) is 3.95. The highest BCUT2D eigenvalue weighted by Gasteiger charge is 2.59. The molecule has 0 spiro atoms. The van der Waals surface area contributed by atoms with E-state index in [9.17, 15) is 0 Å². The average molecular weight is 661 g/mol. The Balaban J connectivity index is 1.26. The molecule has 0 saturated heterocycles. The first kappa shape index (κ1) is 28.3. The van der Waals surface area contributed by atoms with E-state index in [1.165, 1.54) is 5.56 Å². The van der Waals surface area contributed by atoms with E-state index < -0.39 is 0 Å². The highest BCUT2D eigenvalue weighted by molar-refractivity contribution is 5.94. The largest absolute Gasteiger partial charge is 0.301 e. The second-order valence-electron chi connectivity index (χ2n) is 13.6. The Hall–Kier alpha value is -6.54. The van der Waals surface area contributed by atoms with Crippen LogP contribution in [0.4, 0.5) is 46.0 Å². The van der Waals surface area contributed by atoms with Gasteiger partial charge >= 0.3 is 0 Å². The van der Waals surface area contributed by atoms with Crippen molar-refractivity contribution in [2.24, 2.45) is 5.92 Å². The number of aromatic nitrogens is 4. The lowest BCUT2D eigenvalue weighted by atomic mass is 9.71. The van der Waals surface area contributed by atoms with Crippen LogP contribution in [0, 0.1) is 5.92 Å². The maximum atomic E-state index is 5.44. The quantitative estimate of drug-likeness (QED) is 0.182. The van der Waals surface area contributed by atoms with Crippen molar-refractivity contribution in [1.29, 1.82) is 0 Å². The molecule has 7 aromatic rings. The summed E-state index contributed by atoms with van der Waals surface area (Å²) in [5.41, 5.74) is 9.62. The Bertz CT molecular complexity index is 2500. The number of hydrogen-bond acceptors (Lipinski definition) is 8. The number of benzene rings is 5. The van der Waals surface area contributed by atoms with Gasteiger partial charge in [0.25, 0.3) is 0 Å². The summed E-state index contributed by atoms with van der Waals surface area (Å²) < 4.78 is 0. The normalized spacial score (nSPS) is 21.1. The van der Waals surface area contributed by atoms with Gasteiger partial charge in [0, 0.05) is 46.9 Å². The van der Waals surface area contributed by atoms with Gasteiger partial charge in [-0.15, -0.1) is 0 Å². The number of para-hydroxylation sites is 6. The lowest BCUT2D eigenvalue weighted by Crippen LogP contribution is -2.60. The predicted octanol–water partition coefficient (Wildman–Crippen LogP) is 9.48. The minimum Gasteiger partial charge on any atom is -0.301 e. The zero-order valence-corrected chi connectivity index (χ0v) is 27.7. The summed E-state index contributed by atoms with van der Waals surface area (Å²) in [6.07, 6.45) is 3.97. The molecule has 8 heteroatoms. The van der Waals surface area contributed by atoms with E-state index in [-0.39, 0.29) is 24.2 Å². The van der Waals surface area contributed by atoms with Gasteiger partial charge in [0.1, 0.15) is 12.3 Å². The third-order valence-electron chi connectivity index (χ3n) is 11.0. The first-order valence-electron chi connectivity index (χ1n) is 17.5. The van der Waals surface area contributed by atoms with E-state index in [1.807, 2.05) is 18.3 Å². The van der Waals surface area contributed by atoms with Gasteiger partial charge in [-0.3, -0.25) is 0 Å². The lowest BCUT2D eigenvalue weighted by Gasteiger charge is -2.52. The van der Waals surface area contributed by atoms with Crippen LogP contribution in [0.2, 0.25) is 0 Å². The molecule has 0 saturated carbocycles. The van der Waals surface area contributed by atoms with Crippen molar-refractivity contribution in [2.75, 3.05) is 19.6 Å². The van der Waals surface area contributed by atoms with Crippen molar-refractivity contribution in [3.05, 3.63) is 164 Å².